The topological polar surface area (TPSA) is 86.8 Å². The Balaban J connectivity index is 2.43. The third kappa shape index (κ3) is 6.30. The number of halogens is 1. The molecular formula is C22H28BrN3O4S. The number of carbonyl (C=O) groups excluding carboxylic acids is 2. The summed E-state index contributed by atoms with van der Waals surface area (Å²) in [6.45, 7) is 5.08. The zero-order chi connectivity index (χ0) is 23.3. The van der Waals surface area contributed by atoms with Crippen LogP contribution in [0.4, 0.5) is 5.69 Å². The van der Waals surface area contributed by atoms with Gasteiger partial charge in [-0.3, -0.25) is 13.9 Å². The molecule has 9 heteroatoms. The Morgan fingerprint density at radius 1 is 1.13 bits per heavy atom. The van der Waals surface area contributed by atoms with E-state index in [0.717, 1.165) is 31.7 Å². The second-order valence-electron chi connectivity index (χ2n) is 7.43. The van der Waals surface area contributed by atoms with Crippen molar-refractivity contribution in [2.45, 2.75) is 33.4 Å². The molecule has 0 bridgehead atoms. The molecule has 0 heterocycles. The van der Waals surface area contributed by atoms with E-state index in [-0.39, 0.29) is 12.5 Å². The van der Waals surface area contributed by atoms with E-state index >= 15 is 0 Å². The van der Waals surface area contributed by atoms with Crippen LogP contribution in [-0.2, 0) is 26.2 Å². The summed E-state index contributed by atoms with van der Waals surface area (Å²) in [7, 11) is -2.24. The van der Waals surface area contributed by atoms with Crippen LogP contribution in [0.15, 0.2) is 46.9 Å². The standard InChI is InChI=1S/C22H28BrN3O4S/c1-15-8-6-11-20(16(15)2)26(31(5,29)30)14-21(27)25(17(3)22(28)24-4)13-18-9-7-10-19(23)12-18/h6-12,17H,13-14H2,1-5H3,(H,24,28)/t17-/m0/s1. The van der Waals surface area contributed by atoms with Crippen LogP contribution in [-0.4, -0.2) is 51.0 Å². The van der Waals surface area contributed by atoms with Gasteiger partial charge in [0, 0.05) is 18.1 Å². The highest BCUT2D eigenvalue weighted by molar-refractivity contribution is 9.10. The van der Waals surface area contributed by atoms with Crippen molar-refractivity contribution in [1.82, 2.24) is 10.2 Å². The summed E-state index contributed by atoms with van der Waals surface area (Å²) < 4.78 is 27.1. The van der Waals surface area contributed by atoms with Crippen molar-refractivity contribution in [2.24, 2.45) is 0 Å². The first kappa shape index (κ1) is 24.9. The Hall–Kier alpha value is -2.39. The molecule has 0 radical (unpaired) electrons. The highest BCUT2D eigenvalue weighted by atomic mass is 79.9. The quantitative estimate of drug-likeness (QED) is 0.592. The van der Waals surface area contributed by atoms with Crippen LogP contribution in [0.25, 0.3) is 0 Å². The number of amides is 2. The second kappa shape index (κ2) is 10.3. The summed E-state index contributed by atoms with van der Waals surface area (Å²) in [6, 6.07) is 11.9. The van der Waals surface area contributed by atoms with Gasteiger partial charge < -0.3 is 10.2 Å². The minimum Gasteiger partial charge on any atom is -0.357 e. The van der Waals surface area contributed by atoms with Crippen molar-refractivity contribution in [3.63, 3.8) is 0 Å². The van der Waals surface area contributed by atoms with Crippen LogP contribution in [0.1, 0.15) is 23.6 Å². The normalized spacial score (nSPS) is 12.2. The van der Waals surface area contributed by atoms with E-state index in [0.29, 0.717) is 5.69 Å². The number of anilines is 1. The van der Waals surface area contributed by atoms with Gasteiger partial charge in [0.05, 0.1) is 11.9 Å². The van der Waals surface area contributed by atoms with E-state index in [1.807, 2.05) is 44.2 Å². The molecule has 0 fully saturated rings. The average Bonchev–Trinajstić information content (AvgIpc) is 2.70. The molecule has 2 amide bonds. The predicted octanol–water partition coefficient (Wildman–Crippen LogP) is 3.00. The fourth-order valence-corrected chi connectivity index (χ4v) is 4.57. The van der Waals surface area contributed by atoms with Gasteiger partial charge in [0.25, 0.3) is 0 Å². The monoisotopic (exact) mass is 509 g/mol. The van der Waals surface area contributed by atoms with Crippen molar-refractivity contribution in [1.29, 1.82) is 0 Å². The third-order valence-corrected chi connectivity index (χ3v) is 6.80. The molecule has 0 aliphatic carbocycles. The highest BCUT2D eigenvalue weighted by Gasteiger charge is 2.30. The Morgan fingerprint density at radius 3 is 2.35 bits per heavy atom. The number of hydrogen-bond donors (Lipinski definition) is 1. The minimum atomic E-state index is -3.74. The van der Waals surface area contributed by atoms with Gasteiger partial charge >= 0.3 is 0 Å². The van der Waals surface area contributed by atoms with Gasteiger partial charge in [0.2, 0.25) is 21.8 Å². The highest BCUT2D eigenvalue weighted by Crippen LogP contribution is 2.25. The first-order valence-electron chi connectivity index (χ1n) is 9.75. The SMILES string of the molecule is CNC(=O)[C@H](C)N(Cc1cccc(Br)c1)C(=O)CN(c1cccc(C)c1C)S(C)(=O)=O. The number of rotatable bonds is 8. The van der Waals surface area contributed by atoms with E-state index in [9.17, 15) is 18.0 Å². The fourth-order valence-electron chi connectivity index (χ4n) is 3.22. The molecule has 2 aromatic carbocycles. The molecule has 0 unspecified atom stereocenters. The molecule has 0 aliphatic heterocycles. The van der Waals surface area contributed by atoms with Crippen molar-refractivity contribution in [3.8, 4) is 0 Å². The van der Waals surface area contributed by atoms with E-state index < -0.39 is 28.5 Å². The largest absolute Gasteiger partial charge is 0.357 e. The molecule has 1 N–H and O–H groups in total. The van der Waals surface area contributed by atoms with Gasteiger partial charge in [-0.25, -0.2) is 8.42 Å². The summed E-state index contributed by atoms with van der Waals surface area (Å²) in [4.78, 5) is 27.1. The fraction of sp³-hybridized carbons (Fsp3) is 0.364. The van der Waals surface area contributed by atoms with Gasteiger partial charge in [0.15, 0.2) is 0 Å². The van der Waals surface area contributed by atoms with E-state index in [1.54, 1.807) is 19.1 Å². The number of benzene rings is 2. The summed E-state index contributed by atoms with van der Waals surface area (Å²) in [5.74, 6) is -0.802. The number of nitrogens with one attached hydrogen (secondary N) is 1. The van der Waals surface area contributed by atoms with Gasteiger partial charge in [-0.15, -0.1) is 0 Å². The van der Waals surface area contributed by atoms with Crippen LogP contribution in [0, 0.1) is 13.8 Å². The number of aryl methyl sites for hydroxylation is 1. The summed E-state index contributed by atoms with van der Waals surface area (Å²) in [5.41, 5.74) is 2.96. The molecule has 0 saturated heterocycles. The average molecular weight is 510 g/mol. The van der Waals surface area contributed by atoms with Gasteiger partial charge in [-0.05, 0) is 55.7 Å². The molecule has 31 heavy (non-hydrogen) atoms. The summed E-state index contributed by atoms with van der Waals surface area (Å²) in [6.07, 6.45) is 1.07. The summed E-state index contributed by atoms with van der Waals surface area (Å²) in [5, 5.41) is 2.56. The van der Waals surface area contributed by atoms with E-state index in [2.05, 4.69) is 21.2 Å². The maximum Gasteiger partial charge on any atom is 0.244 e. The Bertz CT molecular complexity index is 1070. The van der Waals surface area contributed by atoms with E-state index in [4.69, 9.17) is 0 Å². The number of likely N-dealkylation sites (N-methyl/N-ethyl adjacent to an activating group) is 1. The van der Waals surface area contributed by atoms with Gasteiger partial charge in [-0.1, -0.05) is 40.2 Å². The van der Waals surface area contributed by atoms with E-state index in [1.165, 1.54) is 11.9 Å². The molecule has 168 valence electrons. The molecule has 0 aliphatic rings. The lowest BCUT2D eigenvalue weighted by atomic mass is 10.1. The van der Waals surface area contributed by atoms with Crippen molar-refractivity contribution >= 4 is 43.5 Å². The molecule has 0 aromatic heterocycles. The van der Waals surface area contributed by atoms with Crippen LogP contribution in [0.5, 0.6) is 0 Å². The zero-order valence-electron chi connectivity index (χ0n) is 18.3. The van der Waals surface area contributed by atoms with Crippen molar-refractivity contribution < 1.29 is 18.0 Å². The molecular weight excluding hydrogens is 482 g/mol. The lowest BCUT2D eigenvalue weighted by molar-refractivity contribution is -0.139. The first-order chi connectivity index (χ1) is 14.5. The van der Waals surface area contributed by atoms with Gasteiger partial charge in [0.1, 0.15) is 12.6 Å². The number of nitrogens with zero attached hydrogens (tertiary/aromatic N) is 2. The lowest BCUT2D eigenvalue weighted by Gasteiger charge is -2.31. The number of carbonyl (C=O) groups is 2. The van der Waals surface area contributed by atoms with Crippen LogP contribution in [0.2, 0.25) is 0 Å². The maximum absolute atomic E-state index is 13.3. The Morgan fingerprint density at radius 2 is 1.77 bits per heavy atom. The summed E-state index contributed by atoms with van der Waals surface area (Å²) >= 11 is 3.41. The van der Waals surface area contributed by atoms with Crippen LogP contribution in [0.3, 0.4) is 0 Å². The second-order valence-corrected chi connectivity index (χ2v) is 10.3. The smallest absolute Gasteiger partial charge is 0.244 e. The third-order valence-electron chi connectivity index (χ3n) is 5.18. The van der Waals surface area contributed by atoms with Crippen LogP contribution >= 0.6 is 15.9 Å². The molecule has 0 saturated carbocycles. The number of sulfonamides is 1. The molecule has 2 aromatic rings. The zero-order valence-corrected chi connectivity index (χ0v) is 20.7. The molecule has 0 spiro atoms. The minimum absolute atomic E-state index is 0.164. The predicted molar refractivity (Wildman–Crippen MR) is 126 cm³/mol. The lowest BCUT2D eigenvalue weighted by Crippen LogP contribution is -2.50. The van der Waals surface area contributed by atoms with Gasteiger partial charge in [-0.2, -0.15) is 0 Å². The van der Waals surface area contributed by atoms with Crippen molar-refractivity contribution in [3.05, 3.63) is 63.6 Å². The number of hydrogen-bond acceptors (Lipinski definition) is 4. The maximum atomic E-state index is 13.3. The van der Waals surface area contributed by atoms with Crippen molar-refractivity contribution in [2.75, 3.05) is 24.2 Å². The Kier molecular flexibility index (Phi) is 8.25. The van der Waals surface area contributed by atoms with Crippen LogP contribution < -0.4 is 9.62 Å². The molecule has 7 nitrogen and oxygen atoms in total. The Labute approximate surface area is 192 Å². The molecule has 2 rings (SSSR count). The first-order valence-corrected chi connectivity index (χ1v) is 12.4. The molecule has 1 atom stereocenters.